The Balaban J connectivity index is 0.00000300. The molecule has 1 aliphatic heterocycles. The molecule has 6 heteroatoms. The van der Waals surface area contributed by atoms with Gasteiger partial charge in [0.05, 0.1) is 0 Å². The van der Waals surface area contributed by atoms with Crippen molar-refractivity contribution in [3.05, 3.63) is 71.8 Å². The standard InChI is InChI=1S/C23H29N3O2.ClH/c1-23(2)16-26(14-13-20(23)24)22(28)19(15-17-9-5-3-6-10-17)25-21(27)18-11-7-4-8-12-18;/h3-12,19-20H,13-16,24H2,1-2H3,(H,25,27);1H. The van der Waals surface area contributed by atoms with Gasteiger partial charge in [-0.1, -0.05) is 62.4 Å². The molecule has 29 heavy (non-hydrogen) atoms. The highest BCUT2D eigenvalue weighted by atomic mass is 35.5. The van der Waals surface area contributed by atoms with Crippen LogP contribution in [-0.4, -0.2) is 41.9 Å². The first-order valence-corrected chi connectivity index (χ1v) is 9.81. The Hall–Kier alpha value is -2.37. The molecule has 5 nitrogen and oxygen atoms in total. The molecule has 3 rings (SSSR count). The van der Waals surface area contributed by atoms with E-state index >= 15 is 0 Å². The van der Waals surface area contributed by atoms with Crippen molar-refractivity contribution in [3.8, 4) is 0 Å². The van der Waals surface area contributed by atoms with Gasteiger partial charge in [-0.2, -0.15) is 0 Å². The maximum absolute atomic E-state index is 13.3. The number of nitrogens with zero attached hydrogens (tertiary/aromatic N) is 1. The second kappa shape index (κ2) is 9.90. The van der Waals surface area contributed by atoms with E-state index in [1.165, 1.54) is 0 Å². The third-order valence-electron chi connectivity index (χ3n) is 5.55. The minimum atomic E-state index is -0.611. The largest absolute Gasteiger partial charge is 0.340 e. The molecule has 2 atom stereocenters. The van der Waals surface area contributed by atoms with Crippen LogP contribution in [-0.2, 0) is 11.2 Å². The highest BCUT2D eigenvalue weighted by Crippen LogP contribution is 2.28. The van der Waals surface area contributed by atoms with Gasteiger partial charge in [0.25, 0.3) is 5.91 Å². The maximum Gasteiger partial charge on any atom is 0.251 e. The molecule has 2 unspecified atom stereocenters. The van der Waals surface area contributed by atoms with E-state index < -0.39 is 6.04 Å². The Morgan fingerprint density at radius 3 is 2.28 bits per heavy atom. The lowest BCUT2D eigenvalue weighted by molar-refractivity contribution is -0.136. The Kier molecular flexibility index (Phi) is 7.82. The number of likely N-dealkylation sites (tertiary alicyclic amines) is 1. The van der Waals surface area contributed by atoms with Crippen molar-refractivity contribution in [2.45, 2.75) is 38.8 Å². The lowest BCUT2D eigenvalue weighted by Gasteiger charge is -2.43. The van der Waals surface area contributed by atoms with Crippen LogP contribution in [0.25, 0.3) is 0 Å². The SMILES string of the molecule is CC1(C)CN(C(=O)C(Cc2ccccc2)NC(=O)c2ccccc2)CCC1N.Cl. The van der Waals surface area contributed by atoms with Gasteiger partial charge in [-0.25, -0.2) is 0 Å². The lowest BCUT2D eigenvalue weighted by atomic mass is 9.79. The molecular weight excluding hydrogens is 386 g/mol. The third kappa shape index (κ3) is 5.81. The summed E-state index contributed by atoms with van der Waals surface area (Å²) in [7, 11) is 0. The van der Waals surface area contributed by atoms with E-state index in [0.717, 1.165) is 12.0 Å². The van der Waals surface area contributed by atoms with Crippen molar-refractivity contribution in [2.75, 3.05) is 13.1 Å². The van der Waals surface area contributed by atoms with Crippen molar-refractivity contribution >= 4 is 24.2 Å². The smallest absolute Gasteiger partial charge is 0.251 e. The van der Waals surface area contributed by atoms with Crippen molar-refractivity contribution in [2.24, 2.45) is 11.1 Å². The van der Waals surface area contributed by atoms with Crippen molar-refractivity contribution in [1.29, 1.82) is 0 Å². The molecule has 0 aliphatic carbocycles. The molecule has 3 N–H and O–H groups in total. The van der Waals surface area contributed by atoms with Gasteiger partial charge in [-0.05, 0) is 29.5 Å². The van der Waals surface area contributed by atoms with E-state index in [1.807, 2.05) is 53.4 Å². The summed E-state index contributed by atoms with van der Waals surface area (Å²) in [4.78, 5) is 27.9. The zero-order valence-electron chi connectivity index (χ0n) is 17.0. The fourth-order valence-corrected chi connectivity index (χ4v) is 3.66. The van der Waals surface area contributed by atoms with E-state index in [2.05, 4.69) is 19.2 Å². The average Bonchev–Trinajstić information content (AvgIpc) is 2.70. The van der Waals surface area contributed by atoms with Gasteiger partial charge in [0.2, 0.25) is 5.91 Å². The molecule has 2 aromatic rings. The fraction of sp³-hybridized carbons (Fsp3) is 0.391. The van der Waals surface area contributed by atoms with Gasteiger partial charge in [0.15, 0.2) is 0 Å². The average molecular weight is 416 g/mol. The first kappa shape index (κ1) is 22.9. The topological polar surface area (TPSA) is 75.4 Å². The van der Waals surface area contributed by atoms with E-state index in [-0.39, 0.29) is 35.7 Å². The summed E-state index contributed by atoms with van der Waals surface area (Å²) in [5.74, 6) is -0.282. The molecule has 0 radical (unpaired) electrons. The van der Waals surface area contributed by atoms with Crippen LogP contribution >= 0.6 is 12.4 Å². The molecule has 0 aromatic heterocycles. The van der Waals surface area contributed by atoms with Crippen LogP contribution in [0.15, 0.2) is 60.7 Å². The number of hydrogen-bond acceptors (Lipinski definition) is 3. The number of halogens is 1. The summed E-state index contributed by atoms with van der Waals surface area (Å²) in [5.41, 5.74) is 7.65. The second-order valence-corrected chi connectivity index (χ2v) is 8.23. The quantitative estimate of drug-likeness (QED) is 0.788. The number of benzene rings is 2. The monoisotopic (exact) mass is 415 g/mol. The number of carbonyl (C=O) groups is 2. The summed E-state index contributed by atoms with van der Waals surface area (Å²) in [6, 6.07) is 18.2. The van der Waals surface area contributed by atoms with Gasteiger partial charge >= 0.3 is 0 Å². The zero-order chi connectivity index (χ0) is 20.1. The molecule has 0 bridgehead atoms. The van der Waals surface area contributed by atoms with Crippen molar-refractivity contribution < 1.29 is 9.59 Å². The summed E-state index contributed by atoms with van der Waals surface area (Å²) in [6.45, 7) is 5.40. The Morgan fingerprint density at radius 2 is 1.69 bits per heavy atom. The predicted molar refractivity (Wildman–Crippen MR) is 118 cm³/mol. The maximum atomic E-state index is 13.3. The number of rotatable bonds is 5. The van der Waals surface area contributed by atoms with Gasteiger partial charge in [0, 0.05) is 31.1 Å². The predicted octanol–water partition coefficient (Wildman–Crippen LogP) is 3.04. The van der Waals surface area contributed by atoms with E-state index in [9.17, 15) is 9.59 Å². The molecular formula is C23H30ClN3O2. The molecule has 1 heterocycles. The van der Waals surface area contributed by atoms with Crippen LogP contribution in [0.2, 0.25) is 0 Å². The fourth-order valence-electron chi connectivity index (χ4n) is 3.66. The van der Waals surface area contributed by atoms with Crippen molar-refractivity contribution in [1.82, 2.24) is 10.2 Å². The van der Waals surface area contributed by atoms with Crippen LogP contribution in [0, 0.1) is 5.41 Å². The molecule has 1 aliphatic rings. The molecule has 2 amide bonds. The minimum absolute atomic E-state index is 0. The molecule has 156 valence electrons. The zero-order valence-corrected chi connectivity index (χ0v) is 17.8. The van der Waals surface area contributed by atoms with Gasteiger partial charge < -0.3 is 16.0 Å². The first-order chi connectivity index (χ1) is 13.4. The summed E-state index contributed by atoms with van der Waals surface area (Å²) >= 11 is 0. The molecule has 0 spiro atoms. The van der Waals surface area contributed by atoms with Gasteiger partial charge in [-0.15, -0.1) is 12.4 Å². The number of amides is 2. The van der Waals surface area contributed by atoms with Crippen LogP contribution in [0.1, 0.15) is 36.2 Å². The number of nitrogens with two attached hydrogens (primary N) is 1. The molecule has 1 saturated heterocycles. The second-order valence-electron chi connectivity index (χ2n) is 8.23. The third-order valence-corrected chi connectivity index (χ3v) is 5.55. The van der Waals surface area contributed by atoms with Crippen LogP contribution < -0.4 is 11.1 Å². The molecule has 0 saturated carbocycles. The summed E-state index contributed by atoms with van der Waals surface area (Å²) in [6.07, 6.45) is 1.23. The van der Waals surface area contributed by atoms with Gasteiger partial charge in [-0.3, -0.25) is 9.59 Å². The highest BCUT2D eigenvalue weighted by Gasteiger charge is 2.37. The minimum Gasteiger partial charge on any atom is -0.340 e. The number of hydrogen-bond donors (Lipinski definition) is 2. The Bertz CT molecular complexity index is 811. The Labute approximate surface area is 179 Å². The van der Waals surface area contributed by atoms with Gasteiger partial charge in [0.1, 0.15) is 6.04 Å². The van der Waals surface area contributed by atoms with Crippen LogP contribution in [0.4, 0.5) is 0 Å². The summed E-state index contributed by atoms with van der Waals surface area (Å²) in [5, 5.41) is 2.96. The molecule has 1 fully saturated rings. The Morgan fingerprint density at radius 1 is 1.10 bits per heavy atom. The lowest BCUT2D eigenvalue weighted by Crippen LogP contribution is -2.58. The van der Waals surface area contributed by atoms with E-state index in [1.54, 1.807) is 12.1 Å². The number of nitrogens with one attached hydrogen (secondary N) is 1. The highest BCUT2D eigenvalue weighted by molar-refractivity contribution is 5.97. The summed E-state index contributed by atoms with van der Waals surface area (Å²) < 4.78 is 0. The number of carbonyl (C=O) groups excluding carboxylic acids is 2. The van der Waals surface area contributed by atoms with Crippen LogP contribution in [0.5, 0.6) is 0 Å². The normalized spacial score (nSPS) is 19.0. The van der Waals surface area contributed by atoms with E-state index in [0.29, 0.717) is 25.1 Å². The first-order valence-electron chi connectivity index (χ1n) is 9.81. The number of piperidine rings is 1. The van der Waals surface area contributed by atoms with Crippen molar-refractivity contribution in [3.63, 3.8) is 0 Å². The van der Waals surface area contributed by atoms with Crippen LogP contribution in [0.3, 0.4) is 0 Å². The van der Waals surface area contributed by atoms with E-state index in [4.69, 9.17) is 5.73 Å². The molecule has 2 aromatic carbocycles.